The number of carbonyl (C=O) groups excluding carboxylic acids is 2. The first-order valence-corrected chi connectivity index (χ1v) is 10.3. The van der Waals surface area contributed by atoms with Crippen molar-refractivity contribution in [3.05, 3.63) is 82.3 Å². The SMILES string of the molecule is COc1cc(C=C2Oc3cc(OC(=O)c4cccc([NH+]([O-])O)c4)ccc3C2=O)cc(OC)c1OC. The van der Waals surface area contributed by atoms with Gasteiger partial charge in [-0.05, 0) is 42.0 Å². The second kappa shape index (κ2) is 9.85. The van der Waals surface area contributed by atoms with Crippen molar-refractivity contribution in [1.29, 1.82) is 0 Å². The summed E-state index contributed by atoms with van der Waals surface area (Å²) < 4.78 is 27.1. The Kier molecular flexibility index (Phi) is 6.69. The Hall–Kier alpha value is -4.38. The fraction of sp³-hybridized carbons (Fsp3) is 0.120. The molecule has 0 saturated heterocycles. The fourth-order valence-corrected chi connectivity index (χ4v) is 3.51. The van der Waals surface area contributed by atoms with Crippen molar-refractivity contribution in [2.75, 3.05) is 21.3 Å². The summed E-state index contributed by atoms with van der Waals surface area (Å²) in [6.45, 7) is 0. The standard InChI is InChI=1S/C25H21NO9/c1-31-21-10-14(11-22(32-2)24(21)33-3)9-20-23(27)18-8-7-17(13-19(18)35-20)34-25(28)15-5-4-6-16(12-15)26(29)30/h4-13,26,29H,1-3H3. The molecule has 1 heterocycles. The topological polar surface area (TPSA) is 128 Å². The van der Waals surface area contributed by atoms with E-state index in [4.69, 9.17) is 28.9 Å². The Morgan fingerprint density at radius 1 is 1.00 bits per heavy atom. The second-order valence-electron chi connectivity index (χ2n) is 7.33. The van der Waals surface area contributed by atoms with Gasteiger partial charge in [0.25, 0.3) is 0 Å². The number of quaternary nitrogens is 1. The van der Waals surface area contributed by atoms with Gasteiger partial charge in [-0.15, -0.1) is 0 Å². The van der Waals surface area contributed by atoms with Crippen LogP contribution in [0, 0.1) is 5.21 Å². The number of ether oxygens (including phenoxy) is 5. The number of allylic oxidation sites excluding steroid dienone is 1. The van der Waals surface area contributed by atoms with Gasteiger partial charge in [0.05, 0.1) is 32.5 Å². The van der Waals surface area contributed by atoms with Crippen molar-refractivity contribution in [3.63, 3.8) is 0 Å². The van der Waals surface area contributed by atoms with Crippen molar-refractivity contribution in [2.24, 2.45) is 0 Å². The first-order valence-electron chi connectivity index (χ1n) is 10.3. The van der Waals surface area contributed by atoms with Crippen LogP contribution < -0.4 is 28.9 Å². The minimum absolute atomic E-state index is 0.0381. The first-order chi connectivity index (χ1) is 16.8. The van der Waals surface area contributed by atoms with Gasteiger partial charge in [0.1, 0.15) is 11.5 Å². The minimum Gasteiger partial charge on any atom is -0.595 e. The van der Waals surface area contributed by atoms with Gasteiger partial charge in [0, 0.05) is 18.2 Å². The van der Waals surface area contributed by atoms with Gasteiger partial charge < -0.3 is 28.9 Å². The molecule has 0 spiro atoms. The molecule has 0 aromatic heterocycles. The molecular weight excluding hydrogens is 458 g/mol. The average Bonchev–Trinajstić information content (AvgIpc) is 3.17. The van der Waals surface area contributed by atoms with E-state index in [9.17, 15) is 14.8 Å². The van der Waals surface area contributed by atoms with E-state index in [0.717, 1.165) is 0 Å². The van der Waals surface area contributed by atoms with E-state index in [0.29, 0.717) is 28.4 Å². The summed E-state index contributed by atoms with van der Waals surface area (Å²) >= 11 is 0. The largest absolute Gasteiger partial charge is 0.595 e. The van der Waals surface area contributed by atoms with Crippen LogP contribution >= 0.6 is 0 Å². The number of hydrogen-bond acceptors (Lipinski definition) is 9. The quantitative estimate of drug-likeness (QED) is 0.227. The van der Waals surface area contributed by atoms with Gasteiger partial charge >= 0.3 is 5.97 Å². The van der Waals surface area contributed by atoms with Gasteiger partial charge in [0.15, 0.2) is 22.9 Å². The lowest BCUT2D eigenvalue weighted by atomic mass is 10.1. The van der Waals surface area contributed by atoms with E-state index in [1.165, 1.54) is 69.9 Å². The van der Waals surface area contributed by atoms with E-state index in [2.05, 4.69) is 0 Å². The number of hydrogen-bond donors (Lipinski definition) is 2. The molecule has 0 bridgehead atoms. The van der Waals surface area contributed by atoms with Crippen molar-refractivity contribution in [3.8, 4) is 28.7 Å². The number of methoxy groups -OCH3 is 3. The van der Waals surface area contributed by atoms with Crippen LogP contribution in [0.4, 0.5) is 5.69 Å². The maximum Gasteiger partial charge on any atom is 0.343 e. The molecule has 0 fully saturated rings. The number of nitrogens with one attached hydrogen (secondary N) is 1. The predicted octanol–water partition coefficient (Wildman–Crippen LogP) is 2.95. The summed E-state index contributed by atoms with van der Waals surface area (Å²) in [6.07, 6.45) is 1.54. The van der Waals surface area contributed by atoms with Crippen LogP contribution in [-0.4, -0.2) is 38.3 Å². The molecule has 2 N–H and O–H groups in total. The zero-order chi connectivity index (χ0) is 25.1. The Bertz CT molecular complexity index is 1310. The number of esters is 1. The molecule has 3 aromatic rings. The van der Waals surface area contributed by atoms with Crippen LogP contribution in [0.15, 0.2) is 60.4 Å². The molecule has 1 aliphatic heterocycles. The highest BCUT2D eigenvalue weighted by Crippen LogP contribution is 2.40. The third kappa shape index (κ3) is 4.80. The molecule has 0 radical (unpaired) electrons. The first kappa shape index (κ1) is 23.8. The molecule has 1 atom stereocenters. The summed E-state index contributed by atoms with van der Waals surface area (Å²) in [4.78, 5) is 25.3. The monoisotopic (exact) mass is 479 g/mol. The average molecular weight is 479 g/mol. The summed E-state index contributed by atoms with van der Waals surface area (Å²) in [6, 6.07) is 13.2. The Morgan fingerprint density at radius 2 is 1.71 bits per heavy atom. The van der Waals surface area contributed by atoms with Crippen LogP contribution in [0.2, 0.25) is 0 Å². The number of ketones is 1. The molecule has 3 aromatic carbocycles. The molecule has 0 aliphatic carbocycles. The minimum atomic E-state index is -1.16. The molecule has 0 amide bonds. The van der Waals surface area contributed by atoms with Crippen molar-refractivity contribution >= 4 is 23.5 Å². The maximum atomic E-state index is 12.8. The number of benzene rings is 3. The zero-order valence-corrected chi connectivity index (χ0v) is 19.0. The molecule has 180 valence electrons. The molecule has 1 unspecified atom stereocenters. The molecule has 10 heteroatoms. The van der Waals surface area contributed by atoms with Gasteiger partial charge in [-0.1, -0.05) is 6.07 Å². The molecular formula is C25H21NO9. The highest BCUT2D eigenvalue weighted by atomic mass is 16.8. The number of rotatable bonds is 7. The summed E-state index contributed by atoms with van der Waals surface area (Å²) in [7, 11) is 4.47. The highest BCUT2D eigenvalue weighted by molar-refractivity contribution is 6.14. The van der Waals surface area contributed by atoms with Gasteiger partial charge in [-0.2, -0.15) is 5.23 Å². The molecule has 4 rings (SSSR count). The summed E-state index contributed by atoms with van der Waals surface area (Å²) in [5, 5.41) is 19.1. The van der Waals surface area contributed by atoms with E-state index < -0.39 is 11.2 Å². The lowest BCUT2D eigenvalue weighted by molar-refractivity contribution is -0.991. The van der Waals surface area contributed by atoms with E-state index in [-0.39, 0.29) is 34.3 Å². The maximum absolute atomic E-state index is 12.8. The van der Waals surface area contributed by atoms with Gasteiger partial charge in [-0.3, -0.25) is 4.79 Å². The molecule has 0 saturated carbocycles. The van der Waals surface area contributed by atoms with E-state index in [1.807, 2.05) is 0 Å². The normalized spacial score (nSPS) is 14.2. The van der Waals surface area contributed by atoms with Crippen LogP contribution in [0.25, 0.3) is 6.08 Å². The number of fused-ring (bicyclic) bond motifs is 1. The third-order valence-corrected chi connectivity index (χ3v) is 5.18. The Labute approximate surface area is 200 Å². The fourth-order valence-electron chi connectivity index (χ4n) is 3.51. The van der Waals surface area contributed by atoms with Crippen molar-refractivity contribution in [1.82, 2.24) is 0 Å². The molecule has 10 nitrogen and oxygen atoms in total. The van der Waals surface area contributed by atoms with Crippen molar-refractivity contribution < 1.29 is 43.7 Å². The smallest absolute Gasteiger partial charge is 0.343 e. The van der Waals surface area contributed by atoms with E-state index >= 15 is 0 Å². The summed E-state index contributed by atoms with van der Waals surface area (Å²) in [5.74, 6) is 0.581. The zero-order valence-electron chi connectivity index (χ0n) is 19.0. The van der Waals surface area contributed by atoms with Crippen molar-refractivity contribution in [2.45, 2.75) is 0 Å². The number of Topliss-reactive ketones (excluding diaryl/α,β-unsaturated/α-hetero) is 1. The highest BCUT2D eigenvalue weighted by Gasteiger charge is 2.28. The summed E-state index contributed by atoms with van der Waals surface area (Å²) in [5.41, 5.74) is 0.922. The Morgan fingerprint density at radius 3 is 2.34 bits per heavy atom. The second-order valence-corrected chi connectivity index (χ2v) is 7.33. The molecule has 35 heavy (non-hydrogen) atoms. The van der Waals surface area contributed by atoms with E-state index in [1.54, 1.807) is 12.1 Å². The van der Waals surface area contributed by atoms with Crippen LogP contribution in [0.3, 0.4) is 0 Å². The van der Waals surface area contributed by atoms with Gasteiger partial charge in [-0.25, -0.2) is 10.0 Å². The molecule has 1 aliphatic rings. The predicted molar refractivity (Wildman–Crippen MR) is 123 cm³/mol. The van der Waals surface area contributed by atoms with Crippen LogP contribution in [-0.2, 0) is 0 Å². The lowest BCUT2D eigenvalue weighted by Gasteiger charge is -2.13. The Balaban J connectivity index is 1.57. The van der Waals surface area contributed by atoms with Crippen LogP contribution in [0.5, 0.6) is 28.7 Å². The van der Waals surface area contributed by atoms with Crippen LogP contribution in [0.1, 0.15) is 26.3 Å². The third-order valence-electron chi connectivity index (χ3n) is 5.18. The van der Waals surface area contributed by atoms with Gasteiger partial charge in [0.2, 0.25) is 11.5 Å². The lowest BCUT2D eigenvalue weighted by Crippen LogP contribution is -2.99. The number of carbonyl (C=O) groups is 2.